The number of ketones is 1. The highest BCUT2D eigenvalue weighted by molar-refractivity contribution is 7.99. The maximum Gasteiger partial charge on any atom is 0.173 e. The molecule has 0 spiro atoms. The summed E-state index contributed by atoms with van der Waals surface area (Å²) in [4.78, 5) is 13.0. The van der Waals surface area contributed by atoms with Crippen molar-refractivity contribution in [1.29, 1.82) is 0 Å². The second-order valence-electron chi connectivity index (χ2n) is 4.12. The monoisotopic (exact) mass is 240 g/mol. The van der Waals surface area contributed by atoms with E-state index in [9.17, 15) is 4.79 Å². The maximum absolute atomic E-state index is 12.0. The highest BCUT2D eigenvalue weighted by Gasteiger charge is 2.19. The van der Waals surface area contributed by atoms with E-state index in [0.29, 0.717) is 11.7 Å². The SMILES string of the molecule is Cc1ccsc1C(=O)CC1CCSCC1. The molecule has 82 valence electrons. The van der Waals surface area contributed by atoms with Crippen LogP contribution in [0.4, 0.5) is 0 Å². The molecule has 2 rings (SSSR count). The van der Waals surface area contributed by atoms with E-state index < -0.39 is 0 Å². The molecule has 1 saturated heterocycles. The second-order valence-corrected chi connectivity index (χ2v) is 6.26. The standard InChI is InChI=1S/C12H16OS2/c1-9-2-7-15-12(9)11(13)8-10-3-5-14-6-4-10/h2,7,10H,3-6,8H2,1H3. The molecule has 2 heterocycles. The third kappa shape index (κ3) is 2.85. The van der Waals surface area contributed by atoms with Gasteiger partial charge in [-0.3, -0.25) is 4.79 Å². The maximum atomic E-state index is 12.0. The molecule has 1 nitrogen and oxygen atoms in total. The van der Waals surface area contributed by atoms with Crippen LogP contribution in [0.2, 0.25) is 0 Å². The molecule has 1 aliphatic heterocycles. The van der Waals surface area contributed by atoms with Gasteiger partial charge in [0.15, 0.2) is 5.78 Å². The average Bonchev–Trinajstić information content (AvgIpc) is 2.66. The molecule has 1 aliphatic rings. The van der Waals surface area contributed by atoms with E-state index in [2.05, 4.69) is 0 Å². The summed E-state index contributed by atoms with van der Waals surface area (Å²) in [5.41, 5.74) is 1.15. The Bertz CT molecular complexity index is 337. The van der Waals surface area contributed by atoms with Crippen LogP contribution in [0, 0.1) is 12.8 Å². The topological polar surface area (TPSA) is 17.1 Å². The number of thiophene rings is 1. The van der Waals surface area contributed by atoms with Gasteiger partial charge in [-0.05, 0) is 54.2 Å². The zero-order valence-corrected chi connectivity index (χ0v) is 10.6. The van der Waals surface area contributed by atoms with Crippen molar-refractivity contribution in [3.8, 4) is 0 Å². The predicted octanol–water partition coefficient (Wildman–Crippen LogP) is 3.77. The van der Waals surface area contributed by atoms with Gasteiger partial charge in [0.25, 0.3) is 0 Å². The molecule has 0 amide bonds. The van der Waals surface area contributed by atoms with E-state index in [1.165, 1.54) is 24.3 Å². The summed E-state index contributed by atoms with van der Waals surface area (Å²) < 4.78 is 0. The van der Waals surface area contributed by atoms with Crippen LogP contribution in [-0.4, -0.2) is 17.3 Å². The number of Topliss-reactive ketones (excluding diaryl/α,β-unsaturated/α-hetero) is 1. The molecule has 3 heteroatoms. The largest absolute Gasteiger partial charge is 0.293 e. The van der Waals surface area contributed by atoms with Crippen molar-refractivity contribution in [3.63, 3.8) is 0 Å². The zero-order chi connectivity index (χ0) is 10.7. The fraction of sp³-hybridized carbons (Fsp3) is 0.583. The van der Waals surface area contributed by atoms with Crippen molar-refractivity contribution in [1.82, 2.24) is 0 Å². The number of aryl methyl sites for hydroxylation is 1. The van der Waals surface area contributed by atoms with Crippen molar-refractivity contribution in [3.05, 3.63) is 21.9 Å². The van der Waals surface area contributed by atoms with Crippen molar-refractivity contribution in [2.45, 2.75) is 26.2 Å². The van der Waals surface area contributed by atoms with Gasteiger partial charge in [-0.15, -0.1) is 11.3 Å². The predicted molar refractivity (Wildman–Crippen MR) is 68.1 cm³/mol. The van der Waals surface area contributed by atoms with Crippen LogP contribution in [-0.2, 0) is 0 Å². The minimum absolute atomic E-state index is 0.361. The lowest BCUT2D eigenvalue weighted by Crippen LogP contribution is -2.14. The highest BCUT2D eigenvalue weighted by Crippen LogP contribution is 2.28. The molecule has 0 saturated carbocycles. The van der Waals surface area contributed by atoms with Gasteiger partial charge in [0.05, 0.1) is 4.88 Å². The lowest BCUT2D eigenvalue weighted by molar-refractivity contribution is 0.0962. The van der Waals surface area contributed by atoms with E-state index in [4.69, 9.17) is 0 Å². The molecule has 0 N–H and O–H groups in total. The molecule has 0 aromatic carbocycles. The third-order valence-corrected chi connectivity index (χ3v) is 5.04. The van der Waals surface area contributed by atoms with Gasteiger partial charge >= 0.3 is 0 Å². The Kier molecular flexibility index (Phi) is 3.87. The minimum atomic E-state index is 0.361. The van der Waals surface area contributed by atoms with Gasteiger partial charge in [-0.2, -0.15) is 11.8 Å². The second kappa shape index (κ2) is 5.17. The molecular weight excluding hydrogens is 224 g/mol. The molecular formula is C12H16OS2. The third-order valence-electron chi connectivity index (χ3n) is 2.93. The molecule has 0 bridgehead atoms. The van der Waals surface area contributed by atoms with Crippen molar-refractivity contribution in [2.24, 2.45) is 5.92 Å². The van der Waals surface area contributed by atoms with E-state index >= 15 is 0 Å². The normalized spacial score (nSPS) is 17.9. The Hall–Kier alpha value is -0.280. The lowest BCUT2D eigenvalue weighted by Gasteiger charge is -2.20. The summed E-state index contributed by atoms with van der Waals surface area (Å²) in [5, 5.41) is 2.01. The Labute approximate surface area is 99.3 Å². The first-order chi connectivity index (χ1) is 7.27. The highest BCUT2D eigenvalue weighted by atomic mass is 32.2. The summed E-state index contributed by atoms with van der Waals surface area (Å²) in [6.07, 6.45) is 3.21. The fourth-order valence-corrected chi connectivity index (χ4v) is 4.04. The van der Waals surface area contributed by atoms with Crippen LogP contribution in [0.25, 0.3) is 0 Å². The first-order valence-corrected chi connectivity index (χ1v) is 7.46. The number of hydrogen-bond donors (Lipinski definition) is 0. The van der Waals surface area contributed by atoms with Gasteiger partial charge in [0.1, 0.15) is 0 Å². The van der Waals surface area contributed by atoms with Gasteiger partial charge in [0.2, 0.25) is 0 Å². The number of hydrogen-bond acceptors (Lipinski definition) is 3. The number of rotatable bonds is 3. The van der Waals surface area contributed by atoms with E-state index in [1.54, 1.807) is 11.3 Å². The summed E-state index contributed by atoms with van der Waals surface area (Å²) >= 11 is 3.61. The molecule has 0 radical (unpaired) electrons. The first kappa shape index (κ1) is 11.2. The molecule has 0 aliphatic carbocycles. The number of thioether (sulfide) groups is 1. The lowest BCUT2D eigenvalue weighted by atomic mass is 9.95. The molecule has 0 atom stereocenters. The van der Waals surface area contributed by atoms with Crippen LogP contribution in [0.5, 0.6) is 0 Å². The number of carbonyl (C=O) groups is 1. The molecule has 15 heavy (non-hydrogen) atoms. The van der Waals surface area contributed by atoms with Gasteiger partial charge < -0.3 is 0 Å². The van der Waals surface area contributed by atoms with Crippen LogP contribution in [0.1, 0.15) is 34.5 Å². The van der Waals surface area contributed by atoms with Crippen LogP contribution < -0.4 is 0 Å². The van der Waals surface area contributed by atoms with Gasteiger partial charge in [-0.1, -0.05) is 0 Å². The minimum Gasteiger partial charge on any atom is -0.293 e. The summed E-state index contributed by atoms with van der Waals surface area (Å²) in [5.74, 6) is 3.47. The van der Waals surface area contributed by atoms with E-state index in [-0.39, 0.29) is 0 Å². The molecule has 0 unspecified atom stereocenters. The van der Waals surface area contributed by atoms with Crippen molar-refractivity contribution in [2.75, 3.05) is 11.5 Å². The van der Waals surface area contributed by atoms with E-state index in [0.717, 1.165) is 16.9 Å². The number of carbonyl (C=O) groups excluding carboxylic acids is 1. The van der Waals surface area contributed by atoms with Gasteiger partial charge in [-0.25, -0.2) is 0 Å². The first-order valence-electron chi connectivity index (χ1n) is 5.42. The fourth-order valence-electron chi connectivity index (χ4n) is 1.96. The van der Waals surface area contributed by atoms with Crippen LogP contribution >= 0.6 is 23.1 Å². The Balaban J connectivity index is 1.94. The van der Waals surface area contributed by atoms with Crippen LogP contribution in [0.15, 0.2) is 11.4 Å². The van der Waals surface area contributed by atoms with Crippen LogP contribution in [0.3, 0.4) is 0 Å². The summed E-state index contributed by atoms with van der Waals surface area (Å²) in [7, 11) is 0. The molecule has 1 aromatic rings. The Morgan fingerprint density at radius 1 is 1.47 bits per heavy atom. The van der Waals surface area contributed by atoms with Crippen molar-refractivity contribution >= 4 is 28.9 Å². The summed E-state index contributed by atoms with van der Waals surface area (Å²) in [6.45, 7) is 2.03. The molecule has 1 fully saturated rings. The zero-order valence-electron chi connectivity index (χ0n) is 8.99. The smallest absolute Gasteiger partial charge is 0.173 e. The quantitative estimate of drug-likeness (QED) is 0.748. The average molecular weight is 240 g/mol. The molecule has 1 aromatic heterocycles. The Morgan fingerprint density at radius 3 is 2.80 bits per heavy atom. The van der Waals surface area contributed by atoms with Crippen molar-refractivity contribution < 1.29 is 4.79 Å². The summed E-state index contributed by atoms with van der Waals surface area (Å²) in [6, 6.07) is 2.04. The van der Waals surface area contributed by atoms with Gasteiger partial charge in [0, 0.05) is 6.42 Å². The van der Waals surface area contributed by atoms with E-state index in [1.807, 2.05) is 30.1 Å². The Morgan fingerprint density at radius 2 is 2.20 bits per heavy atom.